The molecule has 2 N–H and O–H groups in total. The second-order valence-corrected chi connectivity index (χ2v) is 3.09. The summed E-state index contributed by atoms with van der Waals surface area (Å²) in [5, 5.41) is 3.52. The molecule has 16 heavy (non-hydrogen) atoms. The number of amides is 1. The van der Waals surface area contributed by atoms with Crippen molar-refractivity contribution in [3.05, 3.63) is 29.7 Å². The maximum Gasteiger partial charge on any atom is 0.418 e. The molecule has 0 saturated heterocycles. The zero-order valence-electron chi connectivity index (χ0n) is 7.75. The predicted octanol–water partition coefficient (Wildman–Crippen LogP) is 1.33. The Morgan fingerprint density at radius 3 is 2.62 bits per heavy atom. The number of hydrogen-bond acceptors (Lipinski definition) is 2. The molecule has 1 aliphatic heterocycles. The average molecular weight is 228 g/mol. The van der Waals surface area contributed by atoms with Crippen LogP contribution in [0.25, 0.3) is 5.57 Å². The van der Waals surface area contributed by atoms with Gasteiger partial charge in [-0.25, -0.2) is 4.98 Å². The third-order valence-electron chi connectivity index (χ3n) is 2.08. The minimum absolute atomic E-state index is 0.123. The summed E-state index contributed by atoms with van der Waals surface area (Å²) in [6.07, 6.45) is -2.75. The van der Waals surface area contributed by atoms with E-state index >= 15 is 0 Å². The monoisotopic (exact) mass is 228 g/mol. The van der Waals surface area contributed by atoms with Crippen molar-refractivity contribution in [3.63, 3.8) is 0 Å². The van der Waals surface area contributed by atoms with Gasteiger partial charge in [-0.15, -0.1) is 0 Å². The van der Waals surface area contributed by atoms with E-state index in [1.807, 2.05) is 0 Å². The fraction of sp³-hybridized carbons (Fsp3) is 0.111. The lowest BCUT2D eigenvalue weighted by molar-refractivity contribution is -0.0687. The highest BCUT2D eigenvalue weighted by atomic mass is 19.4. The van der Waals surface area contributed by atoms with Gasteiger partial charge in [0, 0.05) is 18.0 Å². The molecule has 0 aromatic carbocycles. The molecule has 7 heteroatoms. The van der Waals surface area contributed by atoms with Crippen molar-refractivity contribution in [1.29, 1.82) is 0 Å². The first kappa shape index (κ1) is 10.5. The highest BCUT2D eigenvalue weighted by Gasteiger charge is 2.39. The highest BCUT2D eigenvalue weighted by Crippen LogP contribution is 2.41. The summed E-state index contributed by atoms with van der Waals surface area (Å²) in [6.45, 7) is 0. The molecule has 1 aromatic heterocycles. The molecule has 83 valence electrons. The summed E-state index contributed by atoms with van der Waals surface area (Å²) in [5.74, 6) is -0.905. The van der Waals surface area contributed by atoms with Gasteiger partial charge in [-0.05, 0) is 6.07 Å². The Hall–Kier alpha value is -2.05. The van der Waals surface area contributed by atoms with Crippen LogP contribution in [0.3, 0.4) is 0 Å². The maximum absolute atomic E-state index is 12.5. The van der Waals surface area contributed by atoms with Crippen molar-refractivity contribution in [3.8, 4) is 0 Å². The van der Waals surface area contributed by atoms with Crippen LogP contribution in [0.15, 0.2) is 18.5 Å². The summed E-state index contributed by atoms with van der Waals surface area (Å²) < 4.78 is 37.5. The maximum atomic E-state index is 12.5. The van der Waals surface area contributed by atoms with E-state index in [-0.39, 0.29) is 16.9 Å². The lowest BCUT2D eigenvalue weighted by atomic mass is 10.1. The number of aromatic nitrogens is 1. The molecule has 1 amide bonds. The number of fused-ring (bicyclic) bond motifs is 1. The third kappa shape index (κ3) is 1.50. The molecule has 0 bridgehead atoms. The molecule has 1 aliphatic rings. The van der Waals surface area contributed by atoms with E-state index in [1.54, 1.807) is 0 Å². The number of nitrogens with zero attached hydrogens (tertiary/aromatic N) is 2. The summed E-state index contributed by atoms with van der Waals surface area (Å²) in [5.41, 5.74) is 3.53. The second kappa shape index (κ2) is 3.22. The standard InChI is InChI=1S/C9H5F3N3O/c10-9(11,12)5-3-15-6-4(5)1-2-14-7(6)8(13)16/h1-3H,(H2,13,16). The number of nitrogens with two attached hydrogens (primary N) is 1. The minimum Gasteiger partial charge on any atom is -0.364 e. The van der Waals surface area contributed by atoms with E-state index < -0.39 is 17.7 Å². The Balaban J connectivity index is 2.55. The third-order valence-corrected chi connectivity index (χ3v) is 2.08. The van der Waals surface area contributed by atoms with Crippen molar-refractivity contribution in [2.45, 2.75) is 6.18 Å². The molecule has 0 fully saturated rings. The number of carbonyl (C=O) groups is 1. The van der Waals surface area contributed by atoms with Crippen LogP contribution in [-0.2, 0) is 0 Å². The van der Waals surface area contributed by atoms with Crippen molar-refractivity contribution in [1.82, 2.24) is 10.3 Å². The van der Waals surface area contributed by atoms with Gasteiger partial charge in [0.05, 0.1) is 5.57 Å². The van der Waals surface area contributed by atoms with E-state index in [1.165, 1.54) is 0 Å². The summed E-state index contributed by atoms with van der Waals surface area (Å²) in [6, 6.07) is 1.15. The Kier molecular flexibility index (Phi) is 2.11. The number of carbonyl (C=O) groups excluding carboxylic acids is 1. The van der Waals surface area contributed by atoms with E-state index in [2.05, 4.69) is 10.3 Å². The van der Waals surface area contributed by atoms with Crippen molar-refractivity contribution >= 4 is 17.2 Å². The first-order chi connectivity index (χ1) is 7.41. The number of rotatable bonds is 1. The van der Waals surface area contributed by atoms with Gasteiger partial charge >= 0.3 is 6.18 Å². The molecule has 1 aromatic rings. The number of allylic oxidation sites excluding steroid dienone is 1. The van der Waals surface area contributed by atoms with E-state index in [0.717, 1.165) is 12.3 Å². The minimum atomic E-state index is -4.51. The van der Waals surface area contributed by atoms with Gasteiger partial charge in [0.1, 0.15) is 5.69 Å². The van der Waals surface area contributed by atoms with E-state index in [9.17, 15) is 18.0 Å². The SMILES string of the molecule is NC(=O)c1nccc2c1[N]C=C2C(F)(F)F. The van der Waals surface area contributed by atoms with E-state index in [4.69, 9.17) is 5.73 Å². The molecule has 4 nitrogen and oxygen atoms in total. The van der Waals surface area contributed by atoms with Gasteiger partial charge in [0.25, 0.3) is 5.91 Å². The molecule has 1 radical (unpaired) electrons. The van der Waals surface area contributed by atoms with Crippen molar-refractivity contribution in [2.24, 2.45) is 5.73 Å². The first-order valence-electron chi connectivity index (χ1n) is 4.18. The molecule has 0 spiro atoms. The van der Waals surface area contributed by atoms with Gasteiger partial charge in [-0.3, -0.25) is 10.1 Å². The molecule has 2 heterocycles. The van der Waals surface area contributed by atoms with Crippen LogP contribution in [0.5, 0.6) is 0 Å². The quantitative estimate of drug-likeness (QED) is 0.787. The number of alkyl halides is 3. The van der Waals surface area contributed by atoms with Crippen LogP contribution < -0.4 is 11.1 Å². The topological polar surface area (TPSA) is 70.1 Å². The lowest BCUT2D eigenvalue weighted by Crippen LogP contribution is -2.15. The number of halogens is 3. The Bertz CT molecular complexity index is 493. The lowest BCUT2D eigenvalue weighted by Gasteiger charge is -2.08. The predicted molar refractivity (Wildman–Crippen MR) is 48.6 cm³/mol. The van der Waals surface area contributed by atoms with Crippen LogP contribution in [0.2, 0.25) is 0 Å². The van der Waals surface area contributed by atoms with Crippen LogP contribution in [0, 0.1) is 0 Å². The molecule has 0 atom stereocenters. The van der Waals surface area contributed by atoms with Crippen molar-refractivity contribution < 1.29 is 18.0 Å². The van der Waals surface area contributed by atoms with Gasteiger partial charge < -0.3 is 5.73 Å². The van der Waals surface area contributed by atoms with Gasteiger partial charge in [0.15, 0.2) is 5.69 Å². The number of pyridine rings is 1. The zero-order chi connectivity index (χ0) is 11.9. The zero-order valence-corrected chi connectivity index (χ0v) is 7.75. The average Bonchev–Trinajstić information content (AvgIpc) is 2.59. The largest absolute Gasteiger partial charge is 0.418 e. The number of hydrogen-bond donors (Lipinski definition) is 1. The van der Waals surface area contributed by atoms with Crippen LogP contribution in [0.1, 0.15) is 16.1 Å². The van der Waals surface area contributed by atoms with Crippen molar-refractivity contribution in [2.75, 3.05) is 0 Å². The summed E-state index contributed by atoms with van der Waals surface area (Å²) in [7, 11) is 0. The smallest absolute Gasteiger partial charge is 0.364 e. The fourth-order valence-electron chi connectivity index (χ4n) is 1.41. The molecule has 0 unspecified atom stereocenters. The van der Waals surface area contributed by atoms with E-state index in [0.29, 0.717) is 6.20 Å². The van der Waals surface area contributed by atoms with Crippen LogP contribution in [-0.4, -0.2) is 17.1 Å². The van der Waals surface area contributed by atoms with Gasteiger partial charge in [0.2, 0.25) is 0 Å². The fourth-order valence-corrected chi connectivity index (χ4v) is 1.41. The second-order valence-electron chi connectivity index (χ2n) is 3.09. The molecule has 2 rings (SSSR count). The first-order valence-corrected chi connectivity index (χ1v) is 4.18. The Morgan fingerprint density at radius 2 is 2.06 bits per heavy atom. The Morgan fingerprint density at radius 1 is 1.38 bits per heavy atom. The van der Waals surface area contributed by atoms with Crippen LogP contribution >= 0.6 is 0 Å². The summed E-state index contributed by atoms with van der Waals surface area (Å²) in [4.78, 5) is 14.5. The van der Waals surface area contributed by atoms with Gasteiger partial charge in [-0.1, -0.05) is 0 Å². The molecular formula is C9H5F3N3O. The molecule has 0 aliphatic carbocycles. The van der Waals surface area contributed by atoms with Crippen LogP contribution in [0.4, 0.5) is 18.9 Å². The highest BCUT2D eigenvalue weighted by molar-refractivity contribution is 5.99. The van der Waals surface area contributed by atoms with Gasteiger partial charge in [-0.2, -0.15) is 13.2 Å². The summed E-state index contributed by atoms with van der Waals surface area (Å²) >= 11 is 0. The Labute approximate surface area is 88.0 Å². The molecule has 0 saturated carbocycles. The molecular weight excluding hydrogens is 223 g/mol. The normalized spacial score (nSPS) is 14.1. The number of primary amides is 1.